The topological polar surface area (TPSA) is 13.0 Å². The fourth-order valence-corrected chi connectivity index (χ4v) is 18.7. The van der Waals surface area contributed by atoms with Gasteiger partial charge in [0.15, 0.2) is 0 Å². The Labute approximate surface area is 708 Å². The second-order valence-electron chi connectivity index (χ2n) is 30.0. The average molecular weight is 1570 g/mol. The van der Waals surface area contributed by atoms with E-state index in [-0.39, 0.29) is 0 Å². The van der Waals surface area contributed by atoms with Crippen molar-refractivity contribution < 1.29 is 0 Å². The molecule has 0 fully saturated rings. The number of fused-ring (bicyclic) bond motifs is 6. The van der Waals surface area contributed by atoms with Gasteiger partial charge in [0.1, 0.15) is 0 Å². The number of benzene rings is 19. The lowest BCUT2D eigenvalue weighted by Crippen LogP contribution is -2.10. The fraction of sp³-hybridized carbons (Fsp3) is 0. The van der Waals surface area contributed by atoms with Gasteiger partial charge in [0.05, 0.1) is 0 Å². The van der Waals surface area contributed by atoms with Gasteiger partial charge in [-0.1, -0.05) is 322 Å². The van der Waals surface area contributed by atoms with E-state index in [0.717, 1.165) is 79.4 Å². The monoisotopic (exact) mass is 1570 g/mol. The number of para-hydroxylation sites is 1. The van der Waals surface area contributed by atoms with Gasteiger partial charge in [0.25, 0.3) is 0 Å². The number of hydrogen-bond donors (Lipinski definition) is 0. The quantitative estimate of drug-likeness (QED) is 0.0800. The summed E-state index contributed by atoms with van der Waals surface area (Å²) in [4.78, 5) is 9.39. The Morgan fingerprint density at radius 1 is 0.108 bits per heavy atom. The Kier molecular flexibility index (Phi) is 20.6. The van der Waals surface area contributed by atoms with Crippen molar-refractivity contribution in [2.45, 2.75) is 0 Å². The molecule has 19 aromatic carbocycles. The van der Waals surface area contributed by atoms with Crippen LogP contribution in [-0.4, -0.2) is 0 Å². The maximum Gasteiger partial charge on any atom is 0.0476 e. The molecule has 0 spiro atoms. The maximum atomic E-state index is 2.37. The third-order valence-corrected chi connectivity index (χ3v) is 24.9. The first-order chi connectivity index (χ1) is 59.5. The van der Waals surface area contributed by atoms with Gasteiger partial charge in [0, 0.05) is 109 Å². The van der Waals surface area contributed by atoms with Crippen molar-refractivity contribution in [3.05, 3.63) is 485 Å². The van der Waals surface area contributed by atoms with Crippen LogP contribution in [0.5, 0.6) is 0 Å². The molecule has 21 aromatic rings. The summed E-state index contributed by atoms with van der Waals surface area (Å²) in [5, 5.41) is 5.20. The van der Waals surface area contributed by atoms with Crippen molar-refractivity contribution in [3.8, 4) is 77.9 Å². The molecular weight excluding hydrogens is 1490 g/mol. The van der Waals surface area contributed by atoms with Crippen LogP contribution in [0.1, 0.15) is 0 Å². The van der Waals surface area contributed by atoms with Crippen molar-refractivity contribution in [1.82, 2.24) is 0 Å². The van der Waals surface area contributed by atoms with E-state index >= 15 is 0 Å². The van der Waals surface area contributed by atoms with Crippen molar-refractivity contribution in [1.29, 1.82) is 0 Å². The second-order valence-corrected chi connectivity index (χ2v) is 32.2. The smallest absolute Gasteiger partial charge is 0.0476 e. The molecule has 0 atom stereocenters. The van der Waals surface area contributed by atoms with E-state index in [1.165, 1.54) is 107 Å². The van der Waals surface area contributed by atoms with Crippen molar-refractivity contribution >= 4 is 131 Å². The van der Waals surface area contributed by atoms with Gasteiger partial charge in [0.2, 0.25) is 0 Å². The predicted molar refractivity (Wildman–Crippen MR) is 515 cm³/mol. The highest BCUT2D eigenvalue weighted by Gasteiger charge is 2.21. The Morgan fingerprint density at radius 2 is 0.283 bits per heavy atom. The van der Waals surface area contributed by atoms with E-state index in [4.69, 9.17) is 0 Å². The van der Waals surface area contributed by atoms with E-state index in [9.17, 15) is 0 Å². The Morgan fingerprint density at radius 3 is 0.567 bits per heavy atom. The van der Waals surface area contributed by atoms with E-state index in [2.05, 4.69) is 505 Å². The summed E-state index contributed by atoms with van der Waals surface area (Å²) in [5.41, 5.74) is 30.0. The van der Waals surface area contributed by atoms with Crippen LogP contribution in [-0.2, 0) is 0 Å². The number of nitrogens with zero attached hydrogens (tertiary/aromatic N) is 4. The first kappa shape index (κ1) is 73.7. The van der Waals surface area contributed by atoms with Gasteiger partial charge in [-0.25, -0.2) is 0 Å². The second kappa shape index (κ2) is 33.6. The van der Waals surface area contributed by atoms with Crippen LogP contribution in [0.3, 0.4) is 0 Å². The molecule has 0 aliphatic rings. The molecule has 0 aliphatic heterocycles. The molecule has 21 rings (SSSR count). The van der Waals surface area contributed by atoms with Gasteiger partial charge >= 0.3 is 0 Å². The molecule has 0 saturated carbocycles. The summed E-state index contributed by atoms with van der Waals surface area (Å²) in [5.74, 6) is 0. The lowest BCUT2D eigenvalue weighted by atomic mass is 10.0. The van der Waals surface area contributed by atoms with Crippen LogP contribution in [0.2, 0.25) is 0 Å². The van der Waals surface area contributed by atoms with Gasteiger partial charge in [-0.3, -0.25) is 0 Å². The molecule has 0 saturated heterocycles. The number of hydrogen-bond acceptors (Lipinski definition) is 6. The zero-order chi connectivity index (χ0) is 79.9. The molecule has 0 bridgehead atoms. The zero-order valence-electron chi connectivity index (χ0n) is 65.8. The predicted octanol–water partition coefficient (Wildman–Crippen LogP) is 33.7. The summed E-state index contributed by atoms with van der Waals surface area (Å²) in [6.07, 6.45) is 0. The van der Waals surface area contributed by atoms with Crippen LogP contribution in [0.4, 0.5) is 68.2 Å². The van der Waals surface area contributed by atoms with E-state index < -0.39 is 0 Å². The maximum absolute atomic E-state index is 2.37. The fourth-order valence-electron chi connectivity index (χ4n) is 16.5. The van der Waals surface area contributed by atoms with Crippen molar-refractivity contribution in [2.24, 2.45) is 0 Å². The highest BCUT2D eigenvalue weighted by molar-refractivity contribution is 7.26. The SMILES string of the molecule is c1ccc(-c2ccc(N(c3ccc(-c4ccccc4)cc3)c3ccc(-c4ccc(N(c5ccc(-c6ccccc6)cc5)c5ccc6c(c5)sc5ccccc56)cc4)cc3)cc2)cc1.c1ccc(-c2ccc(N(c3ccc(-c4ccccc4)cc3)c3ccc(-c4ccc(N(c5ccccc5)c5ccc6sc7ccccc7c6c5)cc4)cc3)cc2)cc1. The molecule has 0 unspecified atom stereocenters. The molecule has 0 aliphatic carbocycles. The van der Waals surface area contributed by atoms with Crippen LogP contribution >= 0.6 is 22.7 Å². The normalized spacial score (nSPS) is 11.2. The molecule has 0 radical (unpaired) electrons. The molecule has 0 amide bonds. The van der Waals surface area contributed by atoms with Crippen molar-refractivity contribution in [2.75, 3.05) is 19.6 Å². The first-order valence-corrected chi connectivity index (χ1v) is 42.4. The molecule has 568 valence electrons. The third kappa shape index (κ3) is 15.4. The van der Waals surface area contributed by atoms with Crippen LogP contribution in [0, 0.1) is 0 Å². The highest BCUT2D eigenvalue weighted by Crippen LogP contribution is 2.46. The minimum absolute atomic E-state index is 1.09. The Bertz CT molecular complexity index is 6870. The largest absolute Gasteiger partial charge is 0.311 e. The highest BCUT2D eigenvalue weighted by atomic mass is 32.1. The zero-order valence-corrected chi connectivity index (χ0v) is 67.4. The molecule has 6 heteroatoms. The lowest BCUT2D eigenvalue weighted by Gasteiger charge is -2.26. The molecule has 4 nitrogen and oxygen atoms in total. The van der Waals surface area contributed by atoms with Crippen molar-refractivity contribution in [3.63, 3.8) is 0 Å². The van der Waals surface area contributed by atoms with Gasteiger partial charge in [-0.2, -0.15) is 0 Å². The van der Waals surface area contributed by atoms with Crippen LogP contribution < -0.4 is 19.6 Å². The Balaban J connectivity index is 0.000000154. The van der Waals surface area contributed by atoms with E-state index in [1.807, 2.05) is 22.7 Å². The van der Waals surface area contributed by atoms with Gasteiger partial charge in [-0.15, -0.1) is 22.7 Å². The van der Waals surface area contributed by atoms with Crippen LogP contribution in [0.25, 0.3) is 118 Å². The number of thiophene rings is 2. The lowest BCUT2D eigenvalue weighted by molar-refractivity contribution is 1.28. The molecule has 2 heterocycles. The van der Waals surface area contributed by atoms with Gasteiger partial charge in [-0.05, 0) is 242 Å². The standard InChI is InChI=1S/C60H42N2S.C54H38N2S/c1-4-12-43(13-5-1)46-20-30-51(31-21-46)61(52-32-22-47(23-33-52)44-14-6-2-7-15-44)53-34-26-49(27-35-53)50-28-38-55(39-29-50)62(54-36-24-48(25-37-54)45-16-8-3-9-17-45)56-40-41-58-57-18-10-11-19-59(57)63-60(58)42-56;1-4-12-39(13-5-1)41-20-28-46(29-21-41)55(47-30-22-42(23-31-47)40-14-6-2-7-15-40)48-32-24-43(25-33-48)44-26-34-49(35-27-44)56(45-16-8-3-9-17-45)50-36-37-54-52(38-50)51-18-10-11-19-53(51)57-54/h1-42H;1-38H. The first-order valence-electron chi connectivity index (χ1n) is 40.7. The Hall–Kier alpha value is -15.2. The third-order valence-electron chi connectivity index (χ3n) is 22.6. The molecule has 0 N–H and O–H groups in total. The summed E-state index contributed by atoms with van der Waals surface area (Å²) >= 11 is 3.70. The minimum Gasteiger partial charge on any atom is -0.311 e. The number of rotatable bonds is 19. The summed E-state index contributed by atoms with van der Waals surface area (Å²) in [6, 6.07) is 175. The van der Waals surface area contributed by atoms with Gasteiger partial charge < -0.3 is 19.6 Å². The summed E-state index contributed by atoms with van der Waals surface area (Å²) in [7, 11) is 0. The molecular formula is C114H80N4S2. The van der Waals surface area contributed by atoms with E-state index in [1.54, 1.807) is 0 Å². The number of anilines is 12. The summed E-state index contributed by atoms with van der Waals surface area (Å²) < 4.78 is 5.21. The molecule has 120 heavy (non-hydrogen) atoms. The summed E-state index contributed by atoms with van der Waals surface area (Å²) in [6.45, 7) is 0. The van der Waals surface area contributed by atoms with E-state index in [0.29, 0.717) is 0 Å². The average Bonchev–Trinajstić information content (AvgIpc) is 1.62. The minimum atomic E-state index is 1.09. The molecule has 2 aromatic heterocycles. The van der Waals surface area contributed by atoms with Crippen LogP contribution in [0.15, 0.2) is 485 Å².